The second-order valence-electron chi connectivity index (χ2n) is 19.0. The fourth-order valence-electron chi connectivity index (χ4n) is 8.54. The summed E-state index contributed by atoms with van der Waals surface area (Å²) in [5.74, 6) is -0.148. The fraction of sp³-hybridized carbons (Fsp3) is 0.807. The van der Waals surface area contributed by atoms with Crippen LogP contribution >= 0.6 is 0 Å². The minimum atomic E-state index is -1.55. The van der Waals surface area contributed by atoms with Gasteiger partial charge in [-0.3, -0.25) is 4.79 Å². The third-order valence-corrected chi connectivity index (χ3v) is 12.9. The van der Waals surface area contributed by atoms with Gasteiger partial charge in [-0.15, -0.1) is 0 Å². The molecule has 0 aromatic heterocycles. The van der Waals surface area contributed by atoms with E-state index in [-0.39, 0.29) is 12.5 Å². The second-order valence-corrected chi connectivity index (χ2v) is 19.0. The number of hydrogen-bond acceptors (Lipinski definition) is 8. The number of allylic oxidation sites excluding steroid dienone is 10. The second kappa shape index (κ2) is 46.6. The van der Waals surface area contributed by atoms with Crippen molar-refractivity contribution >= 4 is 5.91 Å². The molecule has 0 saturated carbocycles. The number of aliphatic hydroxyl groups is 5. The molecule has 1 amide bonds. The molecule has 6 N–H and O–H groups in total. The van der Waals surface area contributed by atoms with Gasteiger partial charge < -0.3 is 40.3 Å². The lowest BCUT2D eigenvalue weighted by Gasteiger charge is -2.40. The van der Waals surface area contributed by atoms with Gasteiger partial charge in [0.2, 0.25) is 5.91 Å². The number of carbonyl (C=O) groups is 1. The van der Waals surface area contributed by atoms with Crippen LogP contribution in [0, 0.1) is 0 Å². The van der Waals surface area contributed by atoms with E-state index in [0.29, 0.717) is 12.8 Å². The summed E-state index contributed by atoms with van der Waals surface area (Å²) < 4.78 is 11.2. The summed E-state index contributed by atoms with van der Waals surface area (Å²) >= 11 is 0. The first-order chi connectivity index (χ1) is 32.3. The average molecular weight is 930 g/mol. The minimum Gasteiger partial charge on any atom is -0.394 e. The molecule has 66 heavy (non-hydrogen) atoms. The Balaban J connectivity index is 1.98. The van der Waals surface area contributed by atoms with E-state index in [1.807, 2.05) is 0 Å². The Hall–Kier alpha value is -2.11. The van der Waals surface area contributed by atoms with Crippen LogP contribution in [-0.4, -0.2) is 87.5 Å². The molecule has 1 aliphatic rings. The summed E-state index contributed by atoms with van der Waals surface area (Å²) in [4.78, 5) is 12.9. The van der Waals surface area contributed by atoms with Crippen LogP contribution in [0.4, 0.5) is 0 Å². The number of unbranched alkanes of at least 4 members (excludes halogenated alkanes) is 26. The van der Waals surface area contributed by atoms with Gasteiger partial charge in [0.15, 0.2) is 6.29 Å². The number of carbonyl (C=O) groups excluding carboxylic acids is 1. The van der Waals surface area contributed by atoms with Crippen LogP contribution in [-0.2, 0) is 14.3 Å². The topological polar surface area (TPSA) is 149 Å². The SMILES string of the molecule is CC/C=C\C/C=C\C/C=C\C/C=C\C/C=C\CCCCCCCCCCCCCCCCCCCCCCCC(=O)NC(COC1OC(CO)C(O)C(O)C1O)C(O)CCCCCCCC. The standard InChI is InChI=1S/C57H103NO8/c1-3-5-7-9-11-12-13-14-15-16-17-18-19-20-21-22-23-24-25-26-27-28-29-30-31-32-33-34-35-36-37-38-39-40-41-43-45-47-53(61)58-50(51(60)46-44-42-10-8-6-4-2)49-65-57-56(64)55(63)54(62)52(48-59)66-57/h5,7,11-12,14-15,17-18,20-21,50-52,54-57,59-60,62-64H,3-4,6,8-10,13,16,19,22-49H2,1-2H3,(H,58,61)/b7-5-,12-11-,15-14-,18-17-,21-20-. The van der Waals surface area contributed by atoms with E-state index in [9.17, 15) is 30.3 Å². The van der Waals surface area contributed by atoms with Crippen LogP contribution in [0.25, 0.3) is 0 Å². The lowest BCUT2D eigenvalue weighted by Crippen LogP contribution is -2.60. The molecule has 1 saturated heterocycles. The van der Waals surface area contributed by atoms with Crippen LogP contribution < -0.4 is 5.32 Å². The molecule has 0 spiro atoms. The highest BCUT2D eigenvalue weighted by Gasteiger charge is 2.44. The van der Waals surface area contributed by atoms with Gasteiger partial charge in [0.25, 0.3) is 0 Å². The molecule has 1 fully saturated rings. The summed E-state index contributed by atoms with van der Waals surface area (Å²) in [6, 6.07) is -0.715. The largest absolute Gasteiger partial charge is 0.394 e. The maximum absolute atomic E-state index is 12.9. The zero-order valence-corrected chi connectivity index (χ0v) is 42.4. The van der Waals surface area contributed by atoms with Crippen LogP contribution in [0.1, 0.15) is 239 Å². The molecule has 9 heteroatoms. The van der Waals surface area contributed by atoms with E-state index >= 15 is 0 Å². The van der Waals surface area contributed by atoms with Crippen molar-refractivity contribution in [3.8, 4) is 0 Å². The maximum atomic E-state index is 12.9. The summed E-state index contributed by atoms with van der Waals surface area (Å²) in [5.41, 5.74) is 0. The van der Waals surface area contributed by atoms with Gasteiger partial charge >= 0.3 is 0 Å². The molecular formula is C57H103NO8. The van der Waals surface area contributed by atoms with E-state index in [4.69, 9.17) is 9.47 Å². The highest BCUT2D eigenvalue weighted by Crippen LogP contribution is 2.23. The van der Waals surface area contributed by atoms with Crippen LogP contribution in [0.15, 0.2) is 60.8 Å². The quantitative estimate of drug-likeness (QED) is 0.0261. The number of rotatable bonds is 46. The zero-order valence-electron chi connectivity index (χ0n) is 42.4. The highest BCUT2D eigenvalue weighted by atomic mass is 16.7. The first-order valence-electron chi connectivity index (χ1n) is 27.5. The molecule has 0 aliphatic carbocycles. The molecule has 384 valence electrons. The Morgan fingerprint density at radius 3 is 1.39 bits per heavy atom. The molecule has 0 aromatic rings. The van der Waals surface area contributed by atoms with Crippen molar-refractivity contribution in [2.75, 3.05) is 13.2 Å². The zero-order chi connectivity index (χ0) is 48.0. The van der Waals surface area contributed by atoms with Gasteiger partial charge in [-0.25, -0.2) is 0 Å². The normalized spacial score (nSPS) is 20.3. The molecule has 9 nitrogen and oxygen atoms in total. The highest BCUT2D eigenvalue weighted by molar-refractivity contribution is 5.76. The van der Waals surface area contributed by atoms with Crippen LogP contribution in [0.3, 0.4) is 0 Å². The molecule has 7 unspecified atom stereocenters. The fourth-order valence-corrected chi connectivity index (χ4v) is 8.54. The van der Waals surface area contributed by atoms with Gasteiger partial charge in [-0.05, 0) is 57.8 Å². The molecule has 1 rings (SSSR count). The first kappa shape index (κ1) is 61.9. The Kier molecular flexibility index (Phi) is 43.7. The van der Waals surface area contributed by atoms with Crippen molar-refractivity contribution in [3.63, 3.8) is 0 Å². The molecule has 1 aliphatic heterocycles. The van der Waals surface area contributed by atoms with E-state index in [0.717, 1.165) is 70.6 Å². The number of nitrogens with one attached hydrogen (secondary N) is 1. The van der Waals surface area contributed by atoms with Crippen molar-refractivity contribution in [2.24, 2.45) is 0 Å². The van der Waals surface area contributed by atoms with E-state index in [1.165, 1.54) is 141 Å². The summed E-state index contributed by atoms with van der Waals surface area (Å²) in [7, 11) is 0. The molecular weight excluding hydrogens is 827 g/mol. The van der Waals surface area contributed by atoms with Crippen LogP contribution in [0.2, 0.25) is 0 Å². The van der Waals surface area contributed by atoms with Crippen molar-refractivity contribution in [1.82, 2.24) is 5.32 Å². The predicted octanol–water partition coefficient (Wildman–Crippen LogP) is 13.1. The summed E-state index contributed by atoms with van der Waals surface area (Å²) in [5, 5.41) is 54.1. The van der Waals surface area contributed by atoms with Gasteiger partial charge in [-0.1, -0.05) is 235 Å². The Labute approximate surface area is 405 Å². The predicted molar refractivity (Wildman–Crippen MR) is 276 cm³/mol. The van der Waals surface area contributed by atoms with Crippen LogP contribution in [0.5, 0.6) is 0 Å². The smallest absolute Gasteiger partial charge is 0.220 e. The number of hydrogen-bond donors (Lipinski definition) is 6. The lowest BCUT2D eigenvalue weighted by atomic mass is 9.99. The minimum absolute atomic E-state index is 0.138. The molecule has 0 radical (unpaired) electrons. The lowest BCUT2D eigenvalue weighted by molar-refractivity contribution is -0.302. The average Bonchev–Trinajstić information content (AvgIpc) is 3.32. The third-order valence-electron chi connectivity index (χ3n) is 12.9. The van der Waals surface area contributed by atoms with Gasteiger partial charge in [0.1, 0.15) is 24.4 Å². The number of amides is 1. The molecule has 1 heterocycles. The maximum Gasteiger partial charge on any atom is 0.220 e. The molecule has 7 atom stereocenters. The summed E-state index contributed by atoms with van der Waals surface area (Å²) in [6.45, 7) is 3.65. The van der Waals surface area contributed by atoms with Crippen molar-refractivity contribution in [1.29, 1.82) is 0 Å². The van der Waals surface area contributed by atoms with E-state index < -0.39 is 49.5 Å². The number of aliphatic hydroxyl groups excluding tert-OH is 5. The third kappa shape index (κ3) is 36.0. The Bertz CT molecular complexity index is 1220. The van der Waals surface area contributed by atoms with E-state index in [2.05, 4.69) is 79.9 Å². The monoisotopic (exact) mass is 930 g/mol. The van der Waals surface area contributed by atoms with Crippen molar-refractivity contribution < 1.29 is 39.8 Å². The van der Waals surface area contributed by atoms with Crippen molar-refractivity contribution in [2.45, 2.75) is 281 Å². The Morgan fingerprint density at radius 1 is 0.530 bits per heavy atom. The first-order valence-corrected chi connectivity index (χ1v) is 27.5. The van der Waals surface area contributed by atoms with Crippen molar-refractivity contribution in [3.05, 3.63) is 60.8 Å². The molecule has 0 bridgehead atoms. The van der Waals surface area contributed by atoms with Gasteiger partial charge in [0, 0.05) is 6.42 Å². The number of ether oxygens (including phenoxy) is 2. The van der Waals surface area contributed by atoms with E-state index in [1.54, 1.807) is 0 Å². The summed E-state index contributed by atoms with van der Waals surface area (Å²) in [6.07, 6.45) is 56.0. The van der Waals surface area contributed by atoms with Gasteiger partial charge in [0.05, 0.1) is 25.4 Å². The molecule has 0 aromatic carbocycles. The Morgan fingerprint density at radius 2 is 0.939 bits per heavy atom. The van der Waals surface area contributed by atoms with Gasteiger partial charge in [-0.2, -0.15) is 0 Å².